The Labute approximate surface area is 92.8 Å². The molecular weight excluding hydrogens is 204 g/mol. The molecule has 0 radical (unpaired) electrons. The molecule has 0 bridgehead atoms. The van der Waals surface area contributed by atoms with Crippen LogP contribution >= 0.6 is 0 Å². The number of aromatic nitrogens is 2. The molecule has 16 heavy (non-hydrogen) atoms. The van der Waals surface area contributed by atoms with E-state index in [0.29, 0.717) is 11.6 Å². The van der Waals surface area contributed by atoms with Crippen molar-refractivity contribution in [2.75, 3.05) is 7.11 Å². The fourth-order valence-corrected chi connectivity index (χ4v) is 1.82. The molecule has 1 aromatic heterocycles. The van der Waals surface area contributed by atoms with Gasteiger partial charge in [-0.05, 0) is 31.0 Å². The standard InChI is InChI=1S/C12H12N2O2/c1-16-12(15)8-2-5-11-9(6-8)7-14(13-11)10-3-4-10/h2,5-7,10H,3-4H2,1H3. The molecule has 4 heteroatoms. The third-order valence-electron chi connectivity index (χ3n) is 2.86. The van der Waals surface area contributed by atoms with Crippen LogP contribution in [-0.4, -0.2) is 22.9 Å². The quantitative estimate of drug-likeness (QED) is 0.722. The Hall–Kier alpha value is -1.84. The van der Waals surface area contributed by atoms with Crippen LogP contribution in [0.4, 0.5) is 0 Å². The Morgan fingerprint density at radius 1 is 1.50 bits per heavy atom. The summed E-state index contributed by atoms with van der Waals surface area (Å²) in [5, 5.41) is 5.46. The lowest BCUT2D eigenvalue weighted by Crippen LogP contribution is -2.00. The molecule has 0 aliphatic heterocycles. The second-order valence-electron chi connectivity index (χ2n) is 4.11. The van der Waals surface area contributed by atoms with Gasteiger partial charge < -0.3 is 4.74 Å². The molecule has 0 amide bonds. The highest BCUT2D eigenvalue weighted by molar-refractivity contribution is 5.94. The van der Waals surface area contributed by atoms with Crippen molar-refractivity contribution < 1.29 is 9.53 Å². The van der Waals surface area contributed by atoms with Crippen LogP contribution in [0.2, 0.25) is 0 Å². The van der Waals surface area contributed by atoms with Crippen LogP contribution in [0.15, 0.2) is 24.4 Å². The van der Waals surface area contributed by atoms with Crippen molar-refractivity contribution in [3.8, 4) is 0 Å². The van der Waals surface area contributed by atoms with Crippen molar-refractivity contribution in [1.29, 1.82) is 0 Å². The van der Waals surface area contributed by atoms with Crippen molar-refractivity contribution in [3.05, 3.63) is 30.0 Å². The zero-order chi connectivity index (χ0) is 11.1. The van der Waals surface area contributed by atoms with Crippen LogP contribution in [0, 0.1) is 0 Å². The molecule has 1 aliphatic carbocycles. The number of fused-ring (bicyclic) bond motifs is 1. The second-order valence-corrected chi connectivity index (χ2v) is 4.11. The molecule has 1 heterocycles. The van der Waals surface area contributed by atoms with E-state index >= 15 is 0 Å². The van der Waals surface area contributed by atoms with Crippen molar-refractivity contribution >= 4 is 16.9 Å². The number of nitrogens with zero attached hydrogens (tertiary/aromatic N) is 2. The normalized spacial score (nSPS) is 15.3. The summed E-state index contributed by atoms with van der Waals surface area (Å²) < 4.78 is 6.68. The lowest BCUT2D eigenvalue weighted by atomic mass is 10.2. The van der Waals surface area contributed by atoms with Gasteiger partial charge in [0.05, 0.1) is 24.2 Å². The molecule has 0 atom stereocenters. The second kappa shape index (κ2) is 3.33. The summed E-state index contributed by atoms with van der Waals surface area (Å²) in [4.78, 5) is 11.4. The minimum Gasteiger partial charge on any atom is -0.465 e. The topological polar surface area (TPSA) is 44.1 Å². The summed E-state index contributed by atoms with van der Waals surface area (Å²) in [5.41, 5.74) is 1.50. The number of esters is 1. The number of carbonyl (C=O) groups is 1. The molecule has 0 N–H and O–H groups in total. The van der Waals surface area contributed by atoms with Crippen LogP contribution in [0.5, 0.6) is 0 Å². The van der Waals surface area contributed by atoms with Gasteiger partial charge in [-0.25, -0.2) is 4.79 Å². The molecule has 82 valence electrons. The fourth-order valence-electron chi connectivity index (χ4n) is 1.82. The summed E-state index contributed by atoms with van der Waals surface area (Å²) in [5.74, 6) is -0.305. The van der Waals surface area contributed by atoms with Gasteiger partial charge in [-0.2, -0.15) is 5.10 Å². The van der Waals surface area contributed by atoms with Crippen LogP contribution in [0.1, 0.15) is 29.2 Å². The van der Waals surface area contributed by atoms with Gasteiger partial charge in [0, 0.05) is 11.6 Å². The Bertz CT molecular complexity index is 555. The van der Waals surface area contributed by atoms with Crippen LogP contribution in [-0.2, 0) is 4.74 Å². The van der Waals surface area contributed by atoms with Crippen molar-refractivity contribution in [3.63, 3.8) is 0 Å². The van der Waals surface area contributed by atoms with Crippen molar-refractivity contribution in [1.82, 2.24) is 9.78 Å². The van der Waals surface area contributed by atoms with E-state index in [-0.39, 0.29) is 5.97 Å². The molecule has 0 unspecified atom stereocenters. The molecule has 4 nitrogen and oxygen atoms in total. The molecule has 1 fully saturated rings. The molecule has 1 aliphatic rings. The van der Waals surface area contributed by atoms with E-state index < -0.39 is 0 Å². The van der Waals surface area contributed by atoms with E-state index in [0.717, 1.165) is 10.9 Å². The highest BCUT2D eigenvalue weighted by Crippen LogP contribution is 2.35. The summed E-state index contributed by atoms with van der Waals surface area (Å²) in [6, 6.07) is 6.00. The van der Waals surface area contributed by atoms with Gasteiger partial charge in [0.25, 0.3) is 0 Å². The maximum Gasteiger partial charge on any atom is 0.337 e. The lowest BCUT2D eigenvalue weighted by molar-refractivity contribution is 0.0601. The summed E-state index contributed by atoms with van der Waals surface area (Å²) in [6.07, 6.45) is 4.41. The number of hydrogen-bond acceptors (Lipinski definition) is 3. The summed E-state index contributed by atoms with van der Waals surface area (Å²) >= 11 is 0. The predicted molar refractivity (Wildman–Crippen MR) is 59.3 cm³/mol. The predicted octanol–water partition coefficient (Wildman–Crippen LogP) is 2.16. The molecule has 1 aromatic carbocycles. The Morgan fingerprint density at radius 2 is 2.31 bits per heavy atom. The van der Waals surface area contributed by atoms with E-state index in [4.69, 9.17) is 0 Å². The van der Waals surface area contributed by atoms with Gasteiger partial charge in [-0.1, -0.05) is 0 Å². The zero-order valence-corrected chi connectivity index (χ0v) is 9.01. The van der Waals surface area contributed by atoms with Gasteiger partial charge >= 0.3 is 5.97 Å². The first-order chi connectivity index (χ1) is 7.78. The number of benzene rings is 1. The molecule has 3 rings (SSSR count). The van der Waals surface area contributed by atoms with Crippen LogP contribution in [0.3, 0.4) is 0 Å². The third kappa shape index (κ3) is 1.46. The van der Waals surface area contributed by atoms with Gasteiger partial charge in [-0.3, -0.25) is 4.68 Å². The SMILES string of the molecule is COC(=O)c1ccc2nn(C3CC3)cc2c1. The molecular formula is C12H12N2O2. The number of hydrogen-bond donors (Lipinski definition) is 0. The van der Waals surface area contributed by atoms with Crippen LogP contribution < -0.4 is 0 Å². The third-order valence-corrected chi connectivity index (χ3v) is 2.86. The molecule has 0 saturated heterocycles. The zero-order valence-electron chi connectivity index (χ0n) is 9.01. The number of methoxy groups -OCH3 is 1. The monoisotopic (exact) mass is 216 g/mol. The van der Waals surface area contributed by atoms with Crippen LogP contribution in [0.25, 0.3) is 10.9 Å². The largest absolute Gasteiger partial charge is 0.465 e. The Morgan fingerprint density at radius 3 is 3.00 bits per heavy atom. The molecule has 1 saturated carbocycles. The Balaban J connectivity index is 2.06. The van der Waals surface area contributed by atoms with Gasteiger partial charge in [0.1, 0.15) is 0 Å². The maximum atomic E-state index is 11.4. The van der Waals surface area contributed by atoms with Gasteiger partial charge in [0.2, 0.25) is 0 Å². The van der Waals surface area contributed by atoms with E-state index in [1.807, 2.05) is 23.0 Å². The molecule has 0 spiro atoms. The van der Waals surface area contributed by atoms with Crippen molar-refractivity contribution in [2.45, 2.75) is 18.9 Å². The minimum absolute atomic E-state index is 0.305. The van der Waals surface area contributed by atoms with E-state index in [2.05, 4.69) is 9.84 Å². The number of ether oxygens (including phenoxy) is 1. The van der Waals surface area contributed by atoms with Crippen molar-refractivity contribution in [2.24, 2.45) is 0 Å². The summed E-state index contributed by atoms with van der Waals surface area (Å²) in [6.45, 7) is 0. The average Bonchev–Trinajstić information content (AvgIpc) is 3.07. The number of carbonyl (C=O) groups excluding carboxylic acids is 1. The van der Waals surface area contributed by atoms with E-state index in [1.54, 1.807) is 6.07 Å². The van der Waals surface area contributed by atoms with Gasteiger partial charge in [-0.15, -0.1) is 0 Å². The first-order valence-electron chi connectivity index (χ1n) is 5.35. The smallest absolute Gasteiger partial charge is 0.337 e. The lowest BCUT2D eigenvalue weighted by Gasteiger charge is -1.97. The first-order valence-corrected chi connectivity index (χ1v) is 5.35. The Kier molecular flexibility index (Phi) is 1.96. The summed E-state index contributed by atoms with van der Waals surface area (Å²) in [7, 11) is 1.39. The average molecular weight is 216 g/mol. The van der Waals surface area contributed by atoms with Gasteiger partial charge in [0.15, 0.2) is 0 Å². The maximum absolute atomic E-state index is 11.4. The van der Waals surface area contributed by atoms with E-state index in [9.17, 15) is 4.79 Å². The molecule has 2 aromatic rings. The fraction of sp³-hybridized carbons (Fsp3) is 0.333. The minimum atomic E-state index is -0.305. The van der Waals surface area contributed by atoms with E-state index in [1.165, 1.54) is 20.0 Å². The highest BCUT2D eigenvalue weighted by Gasteiger charge is 2.24. The highest BCUT2D eigenvalue weighted by atomic mass is 16.5. The number of rotatable bonds is 2. The first kappa shape index (κ1) is 9.39.